The van der Waals surface area contributed by atoms with Gasteiger partial charge in [0.25, 0.3) is 5.69 Å². The molecule has 3 aromatic carbocycles. The molecule has 0 aromatic heterocycles. The lowest BCUT2D eigenvalue weighted by atomic mass is 10.1. The van der Waals surface area contributed by atoms with E-state index in [1.807, 2.05) is 31.2 Å². The van der Waals surface area contributed by atoms with Crippen molar-refractivity contribution in [3.63, 3.8) is 0 Å². The third-order valence-electron chi connectivity index (χ3n) is 4.32. The standard InChI is InChI=1S/C23H19NO6/c1-16-3-2-4-21(13-16)29-14-17-5-7-19(8-6-17)23(26)30-15-22(25)18-9-11-20(12-10-18)24(27)28/h2-13H,14-15H2,1H3. The molecule has 152 valence electrons. The summed E-state index contributed by atoms with van der Waals surface area (Å²) < 4.78 is 10.8. The van der Waals surface area contributed by atoms with Crippen molar-refractivity contribution in [2.24, 2.45) is 0 Å². The van der Waals surface area contributed by atoms with Gasteiger partial charge in [-0.1, -0.05) is 24.3 Å². The lowest BCUT2D eigenvalue weighted by Gasteiger charge is -2.08. The molecule has 7 heteroatoms. The van der Waals surface area contributed by atoms with Crippen molar-refractivity contribution in [2.45, 2.75) is 13.5 Å². The van der Waals surface area contributed by atoms with Crippen LogP contribution >= 0.6 is 0 Å². The number of nitrogens with zero attached hydrogens (tertiary/aromatic N) is 1. The molecule has 0 N–H and O–H groups in total. The molecule has 0 heterocycles. The number of hydrogen-bond donors (Lipinski definition) is 0. The number of carbonyl (C=O) groups is 2. The second-order valence-electron chi connectivity index (χ2n) is 6.61. The summed E-state index contributed by atoms with van der Waals surface area (Å²) in [5.74, 6) is -0.305. The Morgan fingerprint density at radius 1 is 0.933 bits per heavy atom. The zero-order valence-electron chi connectivity index (χ0n) is 16.2. The monoisotopic (exact) mass is 405 g/mol. The van der Waals surface area contributed by atoms with Crippen LogP contribution in [0.25, 0.3) is 0 Å². The van der Waals surface area contributed by atoms with Crippen molar-refractivity contribution >= 4 is 17.4 Å². The van der Waals surface area contributed by atoms with Crippen LogP contribution in [0, 0.1) is 17.0 Å². The van der Waals surface area contributed by atoms with Crippen molar-refractivity contribution in [3.8, 4) is 5.75 Å². The average Bonchev–Trinajstić information content (AvgIpc) is 2.76. The van der Waals surface area contributed by atoms with Gasteiger partial charge in [0, 0.05) is 17.7 Å². The molecule has 3 rings (SSSR count). The number of aryl methyl sites for hydroxylation is 1. The second kappa shape index (κ2) is 9.47. The maximum atomic E-state index is 12.2. The van der Waals surface area contributed by atoms with Crippen molar-refractivity contribution in [2.75, 3.05) is 6.61 Å². The van der Waals surface area contributed by atoms with E-state index < -0.39 is 23.3 Å². The van der Waals surface area contributed by atoms with Gasteiger partial charge in [-0.15, -0.1) is 0 Å². The van der Waals surface area contributed by atoms with Crippen LogP contribution < -0.4 is 4.74 Å². The van der Waals surface area contributed by atoms with Crippen LogP contribution in [0.15, 0.2) is 72.8 Å². The first-order chi connectivity index (χ1) is 14.4. The van der Waals surface area contributed by atoms with Gasteiger partial charge in [0.1, 0.15) is 12.4 Å². The predicted octanol–water partition coefficient (Wildman–Crippen LogP) is 4.52. The summed E-state index contributed by atoms with van der Waals surface area (Å²) in [6, 6.07) is 19.6. The van der Waals surface area contributed by atoms with E-state index >= 15 is 0 Å². The Morgan fingerprint density at radius 3 is 2.23 bits per heavy atom. The highest BCUT2D eigenvalue weighted by Crippen LogP contribution is 2.16. The van der Waals surface area contributed by atoms with Crippen LogP contribution in [0.3, 0.4) is 0 Å². The number of nitro groups is 1. The fraction of sp³-hybridized carbons (Fsp3) is 0.130. The smallest absolute Gasteiger partial charge is 0.338 e. The maximum absolute atomic E-state index is 12.2. The summed E-state index contributed by atoms with van der Waals surface area (Å²) in [5.41, 5.74) is 2.42. The SMILES string of the molecule is Cc1cccc(OCc2ccc(C(=O)OCC(=O)c3ccc([N+](=O)[O-])cc3)cc2)c1. The Kier molecular flexibility index (Phi) is 6.54. The Labute approximate surface area is 173 Å². The van der Waals surface area contributed by atoms with E-state index in [4.69, 9.17) is 9.47 Å². The van der Waals surface area contributed by atoms with Gasteiger partial charge in [-0.25, -0.2) is 4.79 Å². The van der Waals surface area contributed by atoms with E-state index in [-0.39, 0.29) is 11.3 Å². The normalized spacial score (nSPS) is 10.3. The number of carbonyl (C=O) groups excluding carboxylic acids is 2. The van der Waals surface area contributed by atoms with Crippen molar-refractivity contribution in [1.29, 1.82) is 0 Å². The molecule has 0 fully saturated rings. The molecule has 0 radical (unpaired) electrons. The number of ether oxygens (including phenoxy) is 2. The zero-order valence-corrected chi connectivity index (χ0v) is 16.2. The van der Waals surface area contributed by atoms with Crippen molar-refractivity contribution in [3.05, 3.63) is 105 Å². The lowest BCUT2D eigenvalue weighted by Crippen LogP contribution is -2.14. The van der Waals surface area contributed by atoms with Crippen LogP contribution in [-0.2, 0) is 11.3 Å². The molecular weight excluding hydrogens is 386 g/mol. The third kappa shape index (κ3) is 5.51. The number of ketones is 1. The Balaban J connectivity index is 1.51. The second-order valence-corrected chi connectivity index (χ2v) is 6.61. The van der Waals surface area contributed by atoms with Crippen LogP contribution in [0.5, 0.6) is 5.75 Å². The minimum absolute atomic E-state index is 0.116. The maximum Gasteiger partial charge on any atom is 0.338 e. The number of non-ortho nitro benzene ring substituents is 1. The fourth-order valence-corrected chi connectivity index (χ4v) is 2.68. The minimum Gasteiger partial charge on any atom is -0.489 e. The molecule has 0 aliphatic rings. The van der Waals surface area contributed by atoms with Crippen LogP contribution in [0.2, 0.25) is 0 Å². The zero-order chi connectivity index (χ0) is 21.5. The van der Waals surface area contributed by atoms with Gasteiger partial charge in [0.15, 0.2) is 12.4 Å². The van der Waals surface area contributed by atoms with Crippen LogP contribution in [0.1, 0.15) is 31.8 Å². The first kappa shape index (κ1) is 20.7. The molecule has 0 atom stereocenters. The number of benzene rings is 3. The lowest BCUT2D eigenvalue weighted by molar-refractivity contribution is -0.384. The first-order valence-electron chi connectivity index (χ1n) is 9.15. The summed E-state index contributed by atoms with van der Waals surface area (Å²) >= 11 is 0. The molecule has 0 saturated carbocycles. The summed E-state index contributed by atoms with van der Waals surface area (Å²) in [5, 5.41) is 10.6. The first-order valence-corrected chi connectivity index (χ1v) is 9.15. The topological polar surface area (TPSA) is 95.7 Å². The summed E-state index contributed by atoms with van der Waals surface area (Å²) in [4.78, 5) is 34.3. The summed E-state index contributed by atoms with van der Waals surface area (Å²) in [6.07, 6.45) is 0. The van der Waals surface area contributed by atoms with Gasteiger partial charge in [0.05, 0.1) is 10.5 Å². The largest absolute Gasteiger partial charge is 0.489 e. The van der Waals surface area contributed by atoms with E-state index in [9.17, 15) is 19.7 Å². The van der Waals surface area contributed by atoms with Crippen molar-refractivity contribution in [1.82, 2.24) is 0 Å². The van der Waals surface area contributed by atoms with Gasteiger partial charge in [-0.05, 0) is 54.4 Å². The number of Topliss-reactive ketones (excluding diaryl/α,β-unsaturated/α-hetero) is 1. The van der Waals surface area contributed by atoms with Gasteiger partial charge in [0.2, 0.25) is 0 Å². The van der Waals surface area contributed by atoms with E-state index in [1.165, 1.54) is 24.3 Å². The number of esters is 1. The van der Waals surface area contributed by atoms with E-state index in [2.05, 4.69) is 0 Å². The van der Waals surface area contributed by atoms with E-state index in [0.717, 1.165) is 16.9 Å². The number of rotatable bonds is 8. The molecule has 30 heavy (non-hydrogen) atoms. The Hall–Kier alpha value is -4.00. The Morgan fingerprint density at radius 2 is 1.60 bits per heavy atom. The summed E-state index contributed by atoms with van der Waals surface area (Å²) in [6.45, 7) is 1.89. The molecule has 0 spiro atoms. The van der Waals surface area contributed by atoms with Crippen LogP contribution in [-0.4, -0.2) is 23.3 Å². The van der Waals surface area contributed by atoms with E-state index in [0.29, 0.717) is 12.2 Å². The highest BCUT2D eigenvalue weighted by Gasteiger charge is 2.13. The fourth-order valence-electron chi connectivity index (χ4n) is 2.68. The average molecular weight is 405 g/mol. The number of hydrogen-bond acceptors (Lipinski definition) is 6. The number of nitro benzene ring substituents is 1. The molecule has 3 aromatic rings. The van der Waals surface area contributed by atoms with Gasteiger partial charge < -0.3 is 9.47 Å². The molecule has 0 saturated heterocycles. The molecule has 7 nitrogen and oxygen atoms in total. The quantitative estimate of drug-likeness (QED) is 0.237. The third-order valence-corrected chi connectivity index (χ3v) is 4.32. The molecule has 0 aliphatic heterocycles. The summed E-state index contributed by atoms with van der Waals surface area (Å²) in [7, 11) is 0. The minimum atomic E-state index is -0.628. The van der Waals surface area contributed by atoms with Crippen LogP contribution in [0.4, 0.5) is 5.69 Å². The predicted molar refractivity (Wildman–Crippen MR) is 110 cm³/mol. The van der Waals surface area contributed by atoms with Gasteiger partial charge in [-0.2, -0.15) is 0 Å². The van der Waals surface area contributed by atoms with Gasteiger partial charge >= 0.3 is 5.97 Å². The van der Waals surface area contributed by atoms with Gasteiger partial charge in [-0.3, -0.25) is 14.9 Å². The Bertz CT molecular complexity index is 1060. The molecule has 0 unspecified atom stereocenters. The molecule has 0 amide bonds. The molecule has 0 aliphatic carbocycles. The van der Waals surface area contributed by atoms with Crippen molar-refractivity contribution < 1.29 is 24.0 Å². The highest BCUT2D eigenvalue weighted by atomic mass is 16.6. The molecule has 0 bridgehead atoms. The molecular formula is C23H19NO6. The highest BCUT2D eigenvalue weighted by molar-refractivity contribution is 5.99. The van der Waals surface area contributed by atoms with E-state index in [1.54, 1.807) is 24.3 Å².